The van der Waals surface area contributed by atoms with Crippen molar-refractivity contribution in [2.24, 2.45) is 0 Å². The number of hydrogen-bond donors (Lipinski definition) is 0. The first kappa shape index (κ1) is 9.15. The zero-order valence-electron chi connectivity index (χ0n) is 6.59. The lowest BCUT2D eigenvalue weighted by Crippen LogP contribution is -1.85. The van der Waals surface area contributed by atoms with Crippen LogP contribution in [0.2, 0.25) is 0 Å². The third-order valence-electron chi connectivity index (χ3n) is 1.29. The maximum atomic E-state index is 5.07. The molecule has 0 amide bonds. The maximum absolute atomic E-state index is 5.07. The van der Waals surface area contributed by atoms with E-state index in [-0.39, 0.29) is 0 Å². The van der Waals surface area contributed by atoms with Crippen LogP contribution >= 0.6 is 15.9 Å². The molecule has 0 heterocycles. The number of ether oxygens (including phenoxy) is 1. The molecule has 0 aliphatic rings. The minimum Gasteiger partial charge on any atom is -0.442 e. The van der Waals surface area contributed by atoms with Crippen molar-refractivity contribution in [2.75, 3.05) is 5.33 Å². The first-order valence-electron chi connectivity index (χ1n) is 3.63. The minimum absolute atomic E-state index is 0.556. The fourth-order valence-electron chi connectivity index (χ4n) is 0.772. The van der Waals surface area contributed by atoms with Crippen LogP contribution in [0.4, 0.5) is 0 Å². The highest BCUT2D eigenvalue weighted by Gasteiger charge is 1.87. The number of alkyl halides is 1. The Morgan fingerprint density at radius 2 is 2.00 bits per heavy atom. The van der Waals surface area contributed by atoms with E-state index in [4.69, 9.17) is 4.74 Å². The molecule has 0 saturated carbocycles. The van der Waals surface area contributed by atoms with E-state index in [0.29, 0.717) is 11.9 Å². The SMILES string of the molecule is BrCC#COCc1ccccc1. The molecule has 0 spiro atoms. The molecular weight excluding hydrogens is 216 g/mol. The standard InChI is InChI=1S/C10H9BrO/c11-7-4-8-12-9-10-5-2-1-3-6-10/h1-3,5-6H,7,9H2. The van der Waals surface area contributed by atoms with Gasteiger partial charge in [0.05, 0.1) is 5.33 Å². The molecule has 0 atom stereocenters. The van der Waals surface area contributed by atoms with Gasteiger partial charge in [-0.2, -0.15) is 0 Å². The lowest BCUT2D eigenvalue weighted by Gasteiger charge is -1.96. The molecular formula is C10H9BrO. The third kappa shape index (κ3) is 3.45. The van der Waals surface area contributed by atoms with Gasteiger partial charge in [-0.1, -0.05) is 46.3 Å². The molecule has 0 aromatic heterocycles. The normalized spacial score (nSPS) is 8.42. The van der Waals surface area contributed by atoms with E-state index in [1.807, 2.05) is 30.3 Å². The van der Waals surface area contributed by atoms with Gasteiger partial charge in [-0.3, -0.25) is 0 Å². The molecule has 0 N–H and O–H groups in total. The van der Waals surface area contributed by atoms with Crippen LogP contribution in [-0.4, -0.2) is 5.33 Å². The summed E-state index contributed by atoms with van der Waals surface area (Å²) < 4.78 is 5.07. The lowest BCUT2D eigenvalue weighted by molar-refractivity contribution is 0.265. The Labute approximate surface area is 80.9 Å². The minimum atomic E-state index is 0.556. The smallest absolute Gasteiger partial charge is 0.125 e. The van der Waals surface area contributed by atoms with Crippen LogP contribution in [0.5, 0.6) is 0 Å². The molecule has 2 heteroatoms. The summed E-state index contributed by atoms with van der Waals surface area (Å²) in [5.74, 6) is 2.76. The highest BCUT2D eigenvalue weighted by molar-refractivity contribution is 9.09. The average molecular weight is 225 g/mol. The van der Waals surface area contributed by atoms with Crippen molar-refractivity contribution >= 4 is 15.9 Å². The Morgan fingerprint density at radius 1 is 1.25 bits per heavy atom. The fraction of sp³-hybridized carbons (Fsp3) is 0.200. The molecule has 0 unspecified atom stereocenters. The second-order valence-electron chi connectivity index (χ2n) is 2.19. The molecule has 0 fully saturated rings. The molecule has 1 aromatic rings. The Morgan fingerprint density at radius 3 is 2.67 bits per heavy atom. The van der Waals surface area contributed by atoms with E-state index in [0.717, 1.165) is 5.56 Å². The summed E-state index contributed by atoms with van der Waals surface area (Å²) in [6.07, 6.45) is 2.59. The molecule has 1 nitrogen and oxygen atoms in total. The van der Waals surface area contributed by atoms with Gasteiger partial charge in [-0.15, -0.1) is 0 Å². The van der Waals surface area contributed by atoms with Gasteiger partial charge in [-0.05, 0) is 11.5 Å². The van der Waals surface area contributed by atoms with E-state index in [9.17, 15) is 0 Å². The zero-order valence-corrected chi connectivity index (χ0v) is 8.17. The van der Waals surface area contributed by atoms with E-state index in [1.54, 1.807) is 0 Å². The second-order valence-corrected chi connectivity index (χ2v) is 2.75. The van der Waals surface area contributed by atoms with Crippen LogP contribution in [0.1, 0.15) is 5.56 Å². The zero-order chi connectivity index (χ0) is 8.65. The summed E-state index contributed by atoms with van der Waals surface area (Å²) in [6, 6.07) is 9.96. The van der Waals surface area contributed by atoms with Crippen LogP contribution in [0, 0.1) is 12.0 Å². The summed E-state index contributed by atoms with van der Waals surface area (Å²) in [5.41, 5.74) is 1.14. The number of benzene rings is 1. The first-order valence-corrected chi connectivity index (χ1v) is 4.75. The van der Waals surface area contributed by atoms with Crippen molar-refractivity contribution < 1.29 is 4.74 Å². The van der Waals surface area contributed by atoms with E-state index < -0.39 is 0 Å². The van der Waals surface area contributed by atoms with Crippen LogP contribution in [0.3, 0.4) is 0 Å². The van der Waals surface area contributed by atoms with Crippen LogP contribution in [-0.2, 0) is 11.3 Å². The Balaban J connectivity index is 2.34. The predicted molar refractivity (Wildman–Crippen MR) is 52.8 cm³/mol. The number of halogens is 1. The summed E-state index contributed by atoms with van der Waals surface area (Å²) >= 11 is 3.18. The molecule has 62 valence electrons. The van der Waals surface area contributed by atoms with Gasteiger partial charge in [0.25, 0.3) is 0 Å². The Hall–Kier alpha value is -0.940. The van der Waals surface area contributed by atoms with Crippen molar-refractivity contribution in [1.82, 2.24) is 0 Å². The summed E-state index contributed by atoms with van der Waals surface area (Å²) in [4.78, 5) is 0. The van der Waals surface area contributed by atoms with Crippen LogP contribution in [0.15, 0.2) is 30.3 Å². The van der Waals surface area contributed by atoms with Crippen LogP contribution < -0.4 is 0 Å². The van der Waals surface area contributed by atoms with Crippen molar-refractivity contribution in [3.8, 4) is 12.0 Å². The number of hydrogen-bond acceptors (Lipinski definition) is 1. The molecule has 0 aliphatic carbocycles. The first-order chi connectivity index (χ1) is 5.93. The fourth-order valence-corrected chi connectivity index (χ4v) is 0.886. The predicted octanol–water partition coefficient (Wildman–Crippen LogP) is 2.56. The van der Waals surface area contributed by atoms with Gasteiger partial charge >= 0.3 is 0 Å². The van der Waals surface area contributed by atoms with E-state index >= 15 is 0 Å². The van der Waals surface area contributed by atoms with Crippen molar-refractivity contribution in [3.05, 3.63) is 35.9 Å². The van der Waals surface area contributed by atoms with Gasteiger partial charge < -0.3 is 4.74 Å². The number of rotatable bonds is 2. The molecule has 0 aliphatic heterocycles. The Bertz CT molecular complexity index is 271. The molecule has 1 rings (SSSR count). The second kappa shape index (κ2) is 5.68. The molecule has 0 radical (unpaired) electrons. The molecule has 0 saturated heterocycles. The molecule has 0 bridgehead atoms. The summed E-state index contributed by atoms with van der Waals surface area (Å²) in [5, 5.41) is 0.655. The average Bonchev–Trinajstić information content (AvgIpc) is 2.14. The van der Waals surface area contributed by atoms with Gasteiger partial charge in [0.1, 0.15) is 12.7 Å². The Kier molecular flexibility index (Phi) is 4.33. The van der Waals surface area contributed by atoms with Crippen molar-refractivity contribution in [3.63, 3.8) is 0 Å². The lowest BCUT2D eigenvalue weighted by atomic mass is 10.2. The summed E-state index contributed by atoms with van der Waals surface area (Å²) in [6.45, 7) is 0.556. The van der Waals surface area contributed by atoms with Gasteiger partial charge in [-0.25, -0.2) is 0 Å². The van der Waals surface area contributed by atoms with Crippen molar-refractivity contribution in [2.45, 2.75) is 6.61 Å². The summed E-state index contributed by atoms with van der Waals surface area (Å²) in [7, 11) is 0. The maximum Gasteiger partial charge on any atom is 0.125 e. The van der Waals surface area contributed by atoms with E-state index in [2.05, 4.69) is 28.0 Å². The third-order valence-corrected chi connectivity index (χ3v) is 1.57. The van der Waals surface area contributed by atoms with Gasteiger partial charge in [0, 0.05) is 0 Å². The molecule has 1 aromatic carbocycles. The highest BCUT2D eigenvalue weighted by atomic mass is 79.9. The van der Waals surface area contributed by atoms with Gasteiger partial charge in [0.2, 0.25) is 0 Å². The van der Waals surface area contributed by atoms with E-state index in [1.165, 1.54) is 0 Å². The highest BCUT2D eigenvalue weighted by Crippen LogP contribution is 1.99. The quantitative estimate of drug-likeness (QED) is 0.555. The topological polar surface area (TPSA) is 9.23 Å². The van der Waals surface area contributed by atoms with Crippen molar-refractivity contribution in [1.29, 1.82) is 0 Å². The molecule has 12 heavy (non-hydrogen) atoms. The van der Waals surface area contributed by atoms with Crippen LogP contribution in [0.25, 0.3) is 0 Å². The monoisotopic (exact) mass is 224 g/mol. The van der Waals surface area contributed by atoms with Gasteiger partial charge in [0.15, 0.2) is 0 Å². The largest absolute Gasteiger partial charge is 0.442 e.